The van der Waals surface area contributed by atoms with E-state index in [2.05, 4.69) is 12.2 Å². The third-order valence-electron chi connectivity index (χ3n) is 3.04. The summed E-state index contributed by atoms with van der Waals surface area (Å²) in [4.78, 5) is 0. The van der Waals surface area contributed by atoms with E-state index < -0.39 is 9.84 Å². The molecule has 0 saturated heterocycles. The van der Waals surface area contributed by atoms with E-state index in [9.17, 15) is 8.42 Å². The first-order valence-electron chi connectivity index (χ1n) is 7.10. The molecule has 0 saturated carbocycles. The van der Waals surface area contributed by atoms with Crippen molar-refractivity contribution in [3.8, 4) is 5.75 Å². The zero-order chi connectivity index (χ0) is 14.8. The van der Waals surface area contributed by atoms with E-state index >= 15 is 0 Å². The number of hydrogen-bond donors (Lipinski definition) is 1. The van der Waals surface area contributed by atoms with E-state index in [-0.39, 0.29) is 5.75 Å². The summed E-state index contributed by atoms with van der Waals surface area (Å²) in [5.41, 5.74) is 0. The second-order valence-electron chi connectivity index (χ2n) is 4.98. The number of ether oxygens (including phenoxy) is 1. The fourth-order valence-corrected chi connectivity index (χ4v) is 2.76. The van der Waals surface area contributed by atoms with Crippen molar-refractivity contribution < 1.29 is 13.2 Å². The Balaban J connectivity index is 2.28. The summed E-state index contributed by atoms with van der Waals surface area (Å²) in [6.45, 7) is 3.58. The van der Waals surface area contributed by atoms with Gasteiger partial charge in [-0.1, -0.05) is 25.1 Å². The number of rotatable bonds is 10. The Morgan fingerprint density at radius 2 is 1.90 bits per heavy atom. The molecule has 0 radical (unpaired) electrons. The summed E-state index contributed by atoms with van der Waals surface area (Å²) in [5.74, 6) is 1.13. The van der Waals surface area contributed by atoms with Crippen LogP contribution in [-0.4, -0.2) is 39.6 Å². The fourth-order valence-electron chi connectivity index (χ4n) is 2.06. The normalized spacial score (nSPS) is 13.1. The van der Waals surface area contributed by atoms with Crippen molar-refractivity contribution in [2.45, 2.75) is 32.2 Å². The van der Waals surface area contributed by atoms with Gasteiger partial charge >= 0.3 is 0 Å². The average molecular weight is 299 g/mol. The first-order valence-corrected chi connectivity index (χ1v) is 9.16. The number of para-hydroxylation sites is 1. The first-order chi connectivity index (χ1) is 9.51. The van der Waals surface area contributed by atoms with Gasteiger partial charge in [0, 0.05) is 18.1 Å². The summed E-state index contributed by atoms with van der Waals surface area (Å²) in [6, 6.07) is 10.0. The molecule has 0 bridgehead atoms. The molecule has 0 aromatic heterocycles. The molecule has 0 spiro atoms. The van der Waals surface area contributed by atoms with Gasteiger partial charge in [-0.05, 0) is 37.9 Å². The molecule has 4 nitrogen and oxygen atoms in total. The van der Waals surface area contributed by atoms with Crippen molar-refractivity contribution in [2.75, 3.05) is 25.2 Å². The standard InChI is InChI=1S/C15H25NO3S/c1-3-16-14(8-7-13-20(2,17)18)11-12-19-15-9-5-4-6-10-15/h4-6,9-10,14,16H,3,7-8,11-13H2,1-2H3. The number of hydrogen-bond acceptors (Lipinski definition) is 4. The Labute approximate surface area is 122 Å². The predicted octanol–water partition coefficient (Wildman–Crippen LogP) is 2.26. The molecule has 0 heterocycles. The molecule has 5 heteroatoms. The van der Waals surface area contributed by atoms with Gasteiger partial charge in [0.1, 0.15) is 15.6 Å². The van der Waals surface area contributed by atoms with Crippen molar-refractivity contribution in [3.05, 3.63) is 30.3 Å². The molecule has 1 atom stereocenters. The van der Waals surface area contributed by atoms with Gasteiger partial charge in [0.25, 0.3) is 0 Å². The van der Waals surface area contributed by atoms with Crippen molar-refractivity contribution in [2.24, 2.45) is 0 Å². The van der Waals surface area contributed by atoms with Crippen molar-refractivity contribution >= 4 is 9.84 Å². The fraction of sp³-hybridized carbons (Fsp3) is 0.600. The van der Waals surface area contributed by atoms with Gasteiger partial charge in [0.05, 0.1) is 6.61 Å². The average Bonchev–Trinajstić information content (AvgIpc) is 2.38. The molecule has 1 aromatic rings. The molecule has 0 aliphatic heterocycles. The van der Waals surface area contributed by atoms with Gasteiger partial charge in [-0.15, -0.1) is 0 Å². The van der Waals surface area contributed by atoms with Crippen LogP contribution in [0, 0.1) is 0 Å². The quantitative estimate of drug-likeness (QED) is 0.720. The molecule has 0 aliphatic rings. The van der Waals surface area contributed by atoms with Crippen LogP contribution in [0.1, 0.15) is 26.2 Å². The monoisotopic (exact) mass is 299 g/mol. The third-order valence-corrected chi connectivity index (χ3v) is 4.07. The van der Waals surface area contributed by atoms with Crippen LogP contribution in [0.5, 0.6) is 5.75 Å². The van der Waals surface area contributed by atoms with Crippen LogP contribution in [0.15, 0.2) is 30.3 Å². The lowest BCUT2D eigenvalue weighted by Gasteiger charge is -2.18. The van der Waals surface area contributed by atoms with Crippen LogP contribution in [0.25, 0.3) is 0 Å². The first kappa shape index (κ1) is 17.0. The van der Waals surface area contributed by atoms with Crippen LogP contribution < -0.4 is 10.1 Å². The Kier molecular flexibility index (Phi) is 7.62. The summed E-state index contributed by atoms with van der Waals surface area (Å²) < 4.78 is 27.9. The maximum Gasteiger partial charge on any atom is 0.147 e. The van der Waals surface area contributed by atoms with Crippen molar-refractivity contribution in [3.63, 3.8) is 0 Å². The van der Waals surface area contributed by atoms with Crippen molar-refractivity contribution in [1.29, 1.82) is 0 Å². The van der Waals surface area contributed by atoms with E-state index in [4.69, 9.17) is 4.74 Å². The highest BCUT2D eigenvalue weighted by atomic mass is 32.2. The molecule has 20 heavy (non-hydrogen) atoms. The topological polar surface area (TPSA) is 55.4 Å². The summed E-state index contributed by atoms with van der Waals surface area (Å²) in [6.07, 6.45) is 3.72. The summed E-state index contributed by atoms with van der Waals surface area (Å²) in [5, 5.41) is 3.38. The highest BCUT2D eigenvalue weighted by Crippen LogP contribution is 2.10. The molecule has 0 aliphatic carbocycles. The number of benzene rings is 1. The van der Waals surface area contributed by atoms with Gasteiger partial charge in [0.2, 0.25) is 0 Å². The van der Waals surface area contributed by atoms with Gasteiger partial charge in [-0.3, -0.25) is 0 Å². The minimum Gasteiger partial charge on any atom is -0.494 e. The van der Waals surface area contributed by atoms with Crippen LogP contribution >= 0.6 is 0 Å². The summed E-state index contributed by atoms with van der Waals surface area (Å²) in [7, 11) is -2.86. The van der Waals surface area contributed by atoms with E-state index in [1.54, 1.807) is 0 Å². The maximum absolute atomic E-state index is 11.1. The lowest BCUT2D eigenvalue weighted by atomic mass is 10.1. The van der Waals surface area contributed by atoms with Gasteiger partial charge in [-0.2, -0.15) is 0 Å². The van der Waals surface area contributed by atoms with Crippen molar-refractivity contribution in [1.82, 2.24) is 5.32 Å². The molecule has 0 fully saturated rings. The van der Waals surface area contributed by atoms with E-state index in [1.807, 2.05) is 30.3 Å². The zero-order valence-electron chi connectivity index (χ0n) is 12.3. The molecule has 1 N–H and O–H groups in total. The SMILES string of the molecule is CCNC(CCCS(C)(=O)=O)CCOc1ccccc1. The minimum atomic E-state index is -2.86. The molecular formula is C15H25NO3S. The van der Waals surface area contributed by atoms with Crippen LogP contribution in [0.4, 0.5) is 0 Å². The van der Waals surface area contributed by atoms with E-state index in [0.29, 0.717) is 19.1 Å². The highest BCUT2D eigenvalue weighted by molar-refractivity contribution is 7.90. The lowest BCUT2D eigenvalue weighted by Crippen LogP contribution is -2.31. The Morgan fingerprint density at radius 1 is 1.20 bits per heavy atom. The van der Waals surface area contributed by atoms with Crippen LogP contribution in [0.3, 0.4) is 0 Å². The van der Waals surface area contributed by atoms with Gasteiger partial charge < -0.3 is 10.1 Å². The minimum absolute atomic E-state index is 0.258. The van der Waals surface area contributed by atoms with Crippen LogP contribution in [0.2, 0.25) is 0 Å². The molecule has 1 rings (SSSR count). The molecule has 1 unspecified atom stereocenters. The van der Waals surface area contributed by atoms with Gasteiger partial charge in [0.15, 0.2) is 0 Å². The lowest BCUT2D eigenvalue weighted by molar-refractivity contribution is 0.281. The molecular weight excluding hydrogens is 274 g/mol. The Hall–Kier alpha value is -1.07. The zero-order valence-corrected chi connectivity index (χ0v) is 13.2. The second-order valence-corrected chi connectivity index (χ2v) is 7.24. The van der Waals surface area contributed by atoms with E-state index in [0.717, 1.165) is 25.1 Å². The second kappa shape index (κ2) is 8.97. The highest BCUT2D eigenvalue weighted by Gasteiger charge is 2.09. The molecule has 1 aromatic carbocycles. The predicted molar refractivity (Wildman–Crippen MR) is 83.0 cm³/mol. The smallest absolute Gasteiger partial charge is 0.147 e. The Bertz CT molecular complexity index is 459. The number of sulfone groups is 1. The van der Waals surface area contributed by atoms with E-state index in [1.165, 1.54) is 6.26 Å². The van der Waals surface area contributed by atoms with Crippen LogP contribution in [-0.2, 0) is 9.84 Å². The number of nitrogens with one attached hydrogen (secondary N) is 1. The largest absolute Gasteiger partial charge is 0.494 e. The molecule has 0 amide bonds. The summed E-state index contributed by atoms with van der Waals surface area (Å²) >= 11 is 0. The Morgan fingerprint density at radius 3 is 2.50 bits per heavy atom. The molecule has 114 valence electrons. The van der Waals surface area contributed by atoms with Gasteiger partial charge in [-0.25, -0.2) is 8.42 Å². The maximum atomic E-state index is 11.1. The third kappa shape index (κ3) is 8.17.